The van der Waals surface area contributed by atoms with Crippen LogP contribution in [-0.4, -0.2) is 39.7 Å². The number of rotatable bonds is 8. The molecule has 8 nitrogen and oxygen atoms in total. The number of nitrogens with one attached hydrogen (secondary N) is 2. The predicted molar refractivity (Wildman–Crippen MR) is 167 cm³/mol. The molecule has 0 bridgehead atoms. The van der Waals surface area contributed by atoms with Crippen LogP contribution in [0.1, 0.15) is 15.9 Å². The Hall–Kier alpha value is -5.09. The molecule has 0 unspecified atom stereocenters. The zero-order chi connectivity index (χ0) is 30.2. The van der Waals surface area contributed by atoms with Crippen molar-refractivity contribution >= 4 is 44.5 Å². The molecule has 0 atom stereocenters. The fourth-order valence-electron chi connectivity index (χ4n) is 4.76. The van der Waals surface area contributed by atoms with Crippen LogP contribution >= 0.6 is 0 Å². The van der Waals surface area contributed by atoms with Crippen LogP contribution in [0.2, 0.25) is 0 Å². The monoisotopic (exact) mass is 584 g/mol. The summed E-state index contributed by atoms with van der Waals surface area (Å²) in [4.78, 5) is 16.3. The molecular formula is C32H29FN4O4S. The highest BCUT2D eigenvalue weighted by Gasteiger charge is 2.26. The van der Waals surface area contributed by atoms with Crippen LogP contribution in [0.5, 0.6) is 0 Å². The van der Waals surface area contributed by atoms with Gasteiger partial charge in [-0.1, -0.05) is 43.0 Å². The Kier molecular flexibility index (Phi) is 7.49. The van der Waals surface area contributed by atoms with Crippen molar-refractivity contribution in [3.63, 3.8) is 0 Å². The van der Waals surface area contributed by atoms with Crippen molar-refractivity contribution in [3.8, 4) is 33.7 Å². The summed E-state index contributed by atoms with van der Waals surface area (Å²) in [5.74, 6) is -0.0956. The van der Waals surface area contributed by atoms with Gasteiger partial charge in [0.15, 0.2) is 0 Å². The fraction of sp³-hybridized carbons (Fsp3) is 0.0938. The largest absolute Gasteiger partial charge is 0.455 e. The first-order valence-corrected chi connectivity index (χ1v) is 14.8. The minimum absolute atomic E-state index is 0.241. The van der Waals surface area contributed by atoms with Gasteiger partial charge in [0.25, 0.3) is 5.91 Å². The Morgan fingerprint density at radius 1 is 1.07 bits per heavy atom. The van der Waals surface area contributed by atoms with Gasteiger partial charge in [0.05, 0.1) is 17.5 Å². The molecule has 4 N–H and O–H groups in total. The summed E-state index contributed by atoms with van der Waals surface area (Å²) >= 11 is 0. The van der Waals surface area contributed by atoms with E-state index >= 15 is 0 Å². The van der Waals surface area contributed by atoms with Crippen LogP contribution in [0, 0.1) is 5.82 Å². The van der Waals surface area contributed by atoms with Gasteiger partial charge in [0, 0.05) is 47.9 Å². The van der Waals surface area contributed by atoms with E-state index < -0.39 is 21.7 Å². The molecule has 214 valence electrons. The minimum atomic E-state index is -3.68. The number of sulfonamides is 1. The highest BCUT2D eigenvalue weighted by molar-refractivity contribution is 7.92. The Balaban J connectivity index is 1.76. The van der Waals surface area contributed by atoms with Crippen LogP contribution in [0.25, 0.3) is 50.8 Å². The summed E-state index contributed by atoms with van der Waals surface area (Å²) in [6.45, 7) is 3.69. The first-order chi connectivity index (χ1) is 20.0. The number of anilines is 2. The number of hydrogen-bond donors (Lipinski definition) is 3. The SMILES string of the molecule is C=C/C=C\c1cc(-c2cccc(-c3cc4c(C(=O)NC)c(-c5ccc(F)cc5)oc4cc3N(C)S(C)(=O)=O)c2)[nH]c1N. The summed E-state index contributed by atoms with van der Waals surface area (Å²) in [5, 5.41) is 3.12. The van der Waals surface area contributed by atoms with E-state index in [9.17, 15) is 17.6 Å². The van der Waals surface area contributed by atoms with E-state index in [2.05, 4.69) is 16.9 Å². The Labute approximate surface area is 243 Å². The van der Waals surface area contributed by atoms with Gasteiger partial charge < -0.3 is 20.5 Å². The number of aromatic nitrogens is 1. The zero-order valence-corrected chi connectivity index (χ0v) is 24.1. The number of benzene rings is 3. The molecule has 2 aromatic heterocycles. The third-order valence-corrected chi connectivity index (χ3v) is 8.17. The second-order valence-corrected chi connectivity index (χ2v) is 11.7. The highest BCUT2D eigenvalue weighted by atomic mass is 32.2. The van der Waals surface area contributed by atoms with Gasteiger partial charge in [0.1, 0.15) is 23.0 Å². The molecule has 2 heterocycles. The molecule has 0 aliphatic heterocycles. The minimum Gasteiger partial charge on any atom is -0.455 e. The number of H-pyrrole nitrogens is 1. The van der Waals surface area contributed by atoms with Crippen molar-refractivity contribution in [2.75, 3.05) is 30.4 Å². The number of furan rings is 1. The molecule has 0 spiro atoms. The maximum atomic E-state index is 13.7. The maximum Gasteiger partial charge on any atom is 0.255 e. The number of fused-ring (bicyclic) bond motifs is 1. The lowest BCUT2D eigenvalue weighted by Gasteiger charge is -2.21. The molecule has 0 aliphatic carbocycles. The van der Waals surface area contributed by atoms with Gasteiger partial charge in [-0.3, -0.25) is 9.10 Å². The van der Waals surface area contributed by atoms with Gasteiger partial charge >= 0.3 is 0 Å². The number of nitrogens with zero attached hydrogens (tertiary/aromatic N) is 1. The van der Waals surface area contributed by atoms with Crippen molar-refractivity contribution in [1.29, 1.82) is 0 Å². The molecule has 0 saturated heterocycles. The van der Waals surface area contributed by atoms with Crippen molar-refractivity contribution in [2.24, 2.45) is 0 Å². The molecule has 0 fully saturated rings. The van der Waals surface area contributed by atoms with Crippen molar-refractivity contribution in [1.82, 2.24) is 10.3 Å². The molecule has 1 amide bonds. The van der Waals surface area contributed by atoms with E-state index in [0.29, 0.717) is 39.2 Å². The Bertz CT molecular complexity index is 1970. The molecule has 10 heteroatoms. The Morgan fingerprint density at radius 2 is 1.79 bits per heavy atom. The molecular weight excluding hydrogens is 555 g/mol. The molecule has 0 radical (unpaired) electrons. The zero-order valence-electron chi connectivity index (χ0n) is 23.2. The van der Waals surface area contributed by atoms with Gasteiger partial charge in [-0.05, 0) is 53.6 Å². The number of aromatic amines is 1. The van der Waals surface area contributed by atoms with Crippen LogP contribution in [0.4, 0.5) is 15.9 Å². The van der Waals surface area contributed by atoms with Crippen LogP contribution in [0.15, 0.2) is 89.9 Å². The lowest BCUT2D eigenvalue weighted by molar-refractivity contribution is 0.0964. The van der Waals surface area contributed by atoms with Crippen LogP contribution < -0.4 is 15.4 Å². The number of carbonyl (C=O) groups is 1. The second-order valence-electron chi connectivity index (χ2n) is 9.72. The third kappa shape index (κ3) is 5.31. The van der Waals surface area contributed by atoms with E-state index in [1.165, 1.54) is 42.7 Å². The molecule has 0 saturated carbocycles. The number of amides is 1. The van der Waals surface area contributed by atoms with E-state index in [0.717, 1.165) is 23.1 Å². The fourth-order valence-corrected chi connectivity index (χ4v) is 5.27. The molecule has 3 aromatic carbocycles. The summed E-state index contributed by atoms with van der Waals surface area (Å²) in [5.41, 5.74) is 11.2. The van der Waals surface area contributed by atoms with Crippen LogP contribution in [-0.2, 0) is 10.0 Å². The maximum absolute atomic E-state index is 13.7. The predicted octanol–water partition coefficient (Wildman–Crippen LogP) is 6.44. The molecule has 5 aromatic rings. The standard InChI is InChI=1S/C32H29FN4O4S/c1-5-6-8-22-16-26(36-31(22)34)21-10-7-9-20(15-21)24-17-25-28(18-27(24)37(3)42(4,39)40)41-30(29(25)32(38)35-2)19-11-13-23(33)14-12-19/h5-18,36H,1,34H2,2-4H3,(H,35,38)/b8-6-. The van der Waals surface area contributed by atoms with Crippen molar-refractivity contribution in [2.45, 2.75) is 0 Å². The number of nitrogens with two attached hydrogens (primary N) is 1. The van der Waals surface area contributed by atoms with Crippen molar-refractivity contribution in [3.05, 3.63) is 102 Å². The summed E-state index contributed by atoms with van der Waals surface area (Å²) < 4.78 is 46.4. The quantitative estimate of drug-likeness (QED) is 0.181. The normalized spacial score (nSPS) is 11.7. The van der Waals surface area contributed by atoms with Crippen molar-refractivity contribution < 1.29 is 22.0 Å². The number of hydrogen-bond acceptors (Lipinski definition) is 5. The number of carbonyl (C=O) groups excluding carboxylic acids is 1. The van der Waals surface area contributed by atoms with Gasteiger partial charge in [0.2, 0.25) is 10.0 Å². The van der Waals surface area contributed by atoms with E-state index in [1.54, 1.807) is 24.3 Å². The number of allylic oxidation sites excluding steroid dienone is 2. The van der Waals surface area contributed by atoms with E-state index in [4.69, 9.17) is 10.2 Å². The van der Waals surface area contributed by atoms with E-state index in [1.807, 2.05) is 36.4 Å². The lowest BCUT2D eigenvalue weighted by atomic mass is 9.96. The Morgan fingerprint density at radius 3 is 2.45 bits per heavy atom. The highest BCUT2D eigenvalue weighted by Crippen LogP contribution is 2.42. The first-order valence-electron chi connectivity index (χ1n) is 12.9. The summed E-state index contributed by atoms with van der Waals surface area (Å²) in [7, 11) is -0.715. The average Bonchev–Trinajstić information content (AvgIpc) is 3.54. The van der Waals surface area contributed by atoms with Gasteiger partial charge in [-0.25, -0.2) is 12.8 Å². The molecule has 5 rings (SSSR count). The summed E-state index contributed by atoms with van der Waals surface area (Å²) in [6, 6.07) is 18.4. The first kappa shape index (κ1) is 28.4. The lowest BCUT2D eigenvalue weighted by Crippen LogP contribution is -2.25. The average molecular weight is 585 g/mol. The topological polar surface area (TPSA) is 121 Å². The van der Waals surface area contributed by atoms with Crippen LogP contribution in [0.3, 0.4) is 0 Å². The summed E-state index contributed by atoms with van der Waals surface area (Å²) in [6.07, 6.45) is 6.40. The number of nitrogen functional groups attached to an aromatic ring is 1. The van der Waals surface area contributed by atoms with Gasteiger partial charge in [-0.15, -0.1) is 0 Å². The number of halogens is 1. The van der Waals surface area contributed by atoms with Gasteiger partial charge in [-0.2, -0.15) is 0 Å². The third-order valence-electron chi connectivity index (χ3n) is 6.98. The van der Waals surface area contributed by atoms with E-state index in [-0.39, 0.29) is 11.3 Å². The second kappa shape index (κ2) is 11.1. The smallest absolute Gasteiger partial charge is 0.255 e. The molecule has 0 aliphatic rings. The molecule has 42 heavy (non-hydrogen) atoms.